The van der Waals surface area contributed by atoms with E-state index < -0.39 is 11.7 Å². The van der Waals surface area contributed by atoms with E-state index in [-0.39, 0.29) is 23.2 Å². The standard InChI is InChI=1S/C28H27ClF3N5O/c1-38-19-11-12-20(22(14-19)28(30,31)32)17-13-25-26(35-18-7-3-2-4-8-18)21(15-34-37(25)16-17)27(33)36-24-10-6-5-9-23(24)29/h5-6,9-16,18,35H,2-4,7-8H2,1H3,(H2,33,36). The lowest BCUT2D eigenvalue weighted by atomic mass is 9.95. The lowest BCUT2D eigenvalue weighted by Gasteiger charge is -2.25. The van der Waals surface area contributed by atoms with Gasteiger partial charge in [0.1, 0.15) is 11.6 Å². The third kappa shape index (κ3) is 5.29. The SMILES string of the molecule is COc1ccc(-c2cc3c(NC4CCCCC4)c(/C(N)=N/c4ccccc4Cl)cnn3c2)c(C(F)(F)F)c1. The van der Waals surface area contributed by atoms with Crippen molar-refractivity contribution in [2.45, 2.75) is 44.3 Å². The molecule has 2 heterocycles. The van der Waals surface area contributed by atoms with Crippen molar-refractivity contribution < 1.29 is 17.9 Å². The Bertz CT molecular complexity index is 1490. The van der Waals surface area contributed by atoms with E-state index in [9.17, 15) is 13.2 Å². The Morgan fingerprint density at radius 1 is 1.13 bits per heavy atom. The summed E-state index contributed by atoms with van der Waals surface area (Å²) in [6.07, 6.45) is 3.96. The second-order valence-electron chi connectivity index (χ2n) is 9.33. The van der Waals surface area contributed by atoms with Gasteiger partial charge in [-0.25, -0.2) is 9.51 Å². The van der Waals surface area contributed by atoms with Crippen molar-refractivity contribution in [3.05, 3.63) is 77.1 Å². The summed E-state index contributed by atoms with van der Waals surface area (Å²) in [5.74, 6) is 0.336. The van der Waals surface area contributed by atoms with Gasteiger partial charge in [-0.05, 0) is 48.7 Å². The number of nitrogens with zero attached hydrogens (tertiary/aromatic N) is 3. The van der Waals surface area contributed by atoms with Crippen LogP contribution in [-0.2, 0) is 6.18 Å². The van der Waals surface area contributed by atoms with Crippen molar-refractivity contribution in [3.63, 3.8) is 0 Å². The van der Waals surface area contributed by atoms with Gasteiger partial charge in [-0.1, -0.05) is 49.1 Å². The lowest BCUT2D eigenvalue weighted by molar-refractivity contribution is -0.137. The van der Waals surface area contributed by atoms with E-state index >= 15 is 0 Å². The van der Waals surface area contributed by atoms with E-state index in [1.807, 2.05) is 6.07 Å². The Kier molecular flexibility index (Phi) is 7.21. The van der Waals surface area contributed by atoms with Crippen LogP contribution < -0.4 is 15.8 Å². The molecule has 1 fully saturated rings. The number of ether oxygens (including phenoxy) is 1. The molecule has 0 aliphatic heterocycles. The van der Waals surface area contributed by atoms with Gasteiger partial charge in [0.05, 0.1) is 46.3 Å². The van der Waals surface area contributed by atoms with Crippen molar-refractivity contribution in [1.82, 2.24) is 9.61 Å². The number of anilines is 1. The fraction of sp³-hybridized carbons (Fsp3) is 0.286. The zero-order chi connectivity index (χ0) is 26.9. The van der Waals surface area contributed by atoms with E-state index in [0.717, 1.165) is 31.7 Å². The van der Waals surface area contributed by atoms with Crippen molar-refractivity contribution in [2.75, 3.05) is 12.4 Å². The average molecular weight is 542 g/mol. The fourth-order valence-electron chi connectivity index (χ4n) is 4.87. The summed E-state index contributed by atoms with van der Waals surface area (Å²) in [6, 6.07) is 12.9. The number of benzene rings is 2. The molecule has 198 valence electrons. The van der Waals surface area contributed by atoms with E-state index in [1.165, 1.54) is 25.7 Å². The third-order valence-electron chi connectivity index (χ3n) is 6.80. The highest BCUT2D eigenvalue weighted by Gasteiger charge is 2.34. The molecule has 2 aromatic heterocycles. The molecular weight excluding hydrogens is 515 g/mol. The second kappa shape index (κ2) is 10.6. The van der Waals surface area contributed by atoms with Gasteiger partial charge in [0.15, 0.2) is 0 Å². The molecule has 3 N–H and O–H groups in total. The van der Waals surface area contributed by atoms with Gasteiger partial charge < -0.3 is 15.8 Å². The first-order valence-corrected chi connectivity index (χ1v) is 12.7. The normalized spacial score (nSPS) is 15.1. The summed E-state index contributed by atoms with van der Waals surface area (Å²) in [5.41, 5.74) is 8.43. The largest absolute Gasteiger partial charge is 0.497 e. The van der Waals surface area contributed by atoms with E-state index in [1.54, 1.807) is 41.2 Å². The van der Waals surface area contributed by atoms with E-state index in [2.05, 4.69) is 15.4 Å². The molecule has 2 aromatic carbocycles. The highest BCUT2D eigenvalue weighted by molar-refractivity contribution is 6.33. The average Bonchev–Trinajstić information content (AvgIpc) is 3.35. The minimum absolute atomic E-state index is 0.0340. The van der Waals surface area contributed by atoms with Gasteiger partial charge in [-0.3, -0.25) is 0 Å². The smallest absolute Gasteiger partial charge is 0.417 e. The highest BCUT2D eigenvalue weighted by Crippen LogP contribution is 2.40. The fourth-order valence-corrected chi connectivity index (χ4v) is 5.05. The van der Waals surface area contributed by atoms with Crippen molar-refractivity contribution in [3.8, 4) is 16.9 Å². The van der Waals surface area contributed by atoms with Crippen molar-refractivity contribution >= 4 is 34.3 Å². The molecule has 1 aliphatic rings. The predicted molar refractivity (Wildman–Crippen MR) is 145 cm³/mol. The minimum atomic E-state index is -4.56. The summed E-state index contributed by atoms with van der Waals surface area (Å²) < 4.78 is 48.5. The molecule has 0 radical (unpaired) electrons. The molecule has 0 unspecified atom stereocenters. The van der Waals surface area contributed by atoms with Gasteiger partial charge in [0, 0.05) is 17.8 Å². The van der Waals surface area contributed by atoms with E-state index in [4.69, 9.17) is 22.1 Å². The molecule has 5 rings (SSSR count). The van der Waals surface area contributed by atoms with Crippen LogP contribution in [0.15, 0.2) is 65.9 Å². The number of fused-ring (bicyclic) bond motifs is 1. The summed E-state index contributed by atoms with van der Waals surface area (Å²) in [7, 11) is 1.34. The van der Waals surface area contributed by atoms with E-state index in [0.29, 0.717) is 33.0 Å². The number of hydrogen-bond donors (Lipinski definition) is 2. The maximum Gasteiger partial charge on any atom is 0.417 e. The predicted octanol–water partition coefficient (Wildman–Crippen LogP) is 7.46. The first-order chi connectivity index (χ1) is 18.2. The number of alkyl halides is 3. The number of amidine groups is 1. The third-order valence-corrected chi connectivity index (χ3v) is 7.12. The molecule has 4 aromatic rings. The Balaban J connectivity index is 1.66. The molecule has 0 bridgehead atoms. The van der Waals surface area contributed by atoms with Gasteiger partial charge in [-0.15, -0.1) is 0 Å². The first kappa shape index (κ1) is 25.9. The van der Waals surface area contributed by atoms with Crippen LogP contribution in [0.2, 0.25) is 5.02 Å². The summed E-state index contributed by atoms with van der Waals surface area (Å²) in [4.78, 5) is 4.53. The number of aliphatic imine (C=N–C) groups is 1. The molecule has 6 nitrogen and oxygen atoms in total. The summed E-state index contributed by atoms with van der Waals surface area (Å²) >= 11 is 6.29. The molecule has 0 spiro atoms. The monoisotopic (exact) mass is 541 g/mol. The second-order valence-corrected chi connectivity index (χ2v) is 9.74. The van der Waals surface area contributed by atoms with Crippen LogP contribution in [-0.4, -0.2) is 28.6 Å². The Morgan fingerprint density at radius 3 is 2.61 bits per heavy atom. The number of nitrogens with one attached hydrogen (secondary N) is 1. The Morgan fingerprint density at radius 2 is 1.89 bits per heavy atom. The van der Waals surface area contributed by atoms with Crippen LogP contribution in [0.1, 0.15) is 43.2 Å². The molecule has 1 aliphatic carbocycles. The Labute approximate surface area is 223 Å². The van der Waals surface area contributed by atoms with Crippen molar-refractivity contribution in [2.24, 2.45) is 10.7 Å². The van der Waals surface area contributed by atoms with Gasteiger partial charge >= 0.3 is 6.18 Å². The van der Waals surface area contributed by atoms with Gasteiger partial charge in [0.2, 0.25) is 0 Å². The van der Waals surface area contributed by atoms with Crippen LogP contribution in [0.5, 0.6) is 5.75 Å². The molecule has 0 saturated heterocycles. The van der Waals surface area contributed by atoms with Gasteiger partial charge in [-0.2, -0.15) is 18.3 Å². The number of methoxy groups -OCH3 is 1. The summed E-state index contributed by atoms with van der Waals surface area (Å²) in [5, 5.41) is 8.53. The molecule has 0 amide bonds. The van der Waals surface area contributed by atoms with Crippen LogP contribution in [0.4, 0.5) is 24.5 Å². The minimum Gasteiger partial charge on any atom is -0.497 e. The molecular formula is C28H27ClF3N5O. The zero-order valence-corrected chi connectivity index (χ0v) is 21.5. The molecule has 10 heteroatoms. The number of para-hydroxylation sites is 1. The molecule has 1 saturated carbocycles. The number of halogens is 4. The topological polar surface area (TPSA) is 76.9 Å². The first-order valence-electron chi connectivity index (χ1n) is 12.4. The van der Waals surface area contributed by atoms with Crippen LogP contribution in [0.25, 0.3) is 16.6 Å². The quantitative estimate of drug-likeness (QED) is 0.196. The van der Waals surface area contributed by atoms with Crippen LogP contribution in [0.3, 0.4) is 0 Å². The van der Waals surface area contributed by atoms with Crippen LogP contribution >= 0.6 is 11.6 Å². The maximum absolute atomic E-state index is 14.0. The summed E-state index contributed by atoms with van der Waals surface area (Å²) in [6.45, 7) is 0. The zero-order valence-electron chi connectivity index (χ0n) is 20.7. The number of rotatable bonds is 6. The Hall–Kier alpha value is -3.72. The number of nitrogens with two attached hydrogens (primary N) is 1. The molecule has 38 heavy (non-hydrogen) atoms. The number of aromatic nitrogens is 2. The molecule has 0 atom stereocenters. The van der Waals surface area contributed by atoms with Crippen LogP contribution in [0, 0.1) is 0 Å². The number of hydrogen-bond acceptors (Lipinski definition) is 4. The van der Waals surface area contributed by atoms with Gasteiger partial charge in [0.25, 0.3) is 0 Å². The lowest BCUT2D eigenvalue weighted by Crippen LogP contribution is -2.25. The van der Waals surface area contributed by atoms with Crippen molar-refractivity contribution in [1.29, 1.82) is 0 Å². The maximum atomic E-state index is 14.0. The highest BCUT2D eigenvalue weighted by atomic mass is 35.5.